The molecule has 0 aliphatic heterocycles. The number of ketones is 1. The monoisotopic (exact) mass is 528 g/mol. The number of benzene rings is 1. The number of nitrogens with zero attached hydrogens (tertiary/aromatic N) is 6. The molecule has 0 unspecified atom stereocenters. The molecule has 0 aliphatic rings. The number of carbonyl (C=O) groups excluding carboxylic acids is 2. The molecular weight excluding hydrogens is 488 g/mol. The summed E-state index contributed by atoms with van der Waals surface area (Å²) in [5.74, 6) is 0.451. The summed E-state index contributed by atoms with van der Waals surface area (Å²) in [5, 5.41) is 18.4. The van der Waals surface area contributed by atoms with Crippen molar-refractivity contribution in [3.05, 3.63) is 45.7 Å². The third-order valence-electron chi connectivity index (χ3n) is 6.13. The molecule has 0 saturated heterocycles. The van der Waals surface area contributed by atoms with Crippen LogP contribution in [-0.2, 0) is 12.0 Å². The van der Waals surface area contributed by atoms with E-state index in [0.717, 1.165) is 11.1 Å². The van der Waals surface area contributed by atoms with Gasteiger partial charge in [-0.15, -0.1) is 5.10 Å². The quantitative estimate of drug-likeness (QED) is 0.446. The van der Waals surface area contributed by atoms with Gasteiger partial charge in [-0.1, -0.05) is 28.2 Å². The Morgan fingerprint density at radius 1 is 1.13 bits per heavy atom. The Labute approximate surface area is 223 Å². The Morgan fingerprint density at radius 2 is 1.79 bits per heavy atom. The summed E-state index contributed by atoms with van der Waals surface area (Å²) in [7, 11) is 6.47. The largest absolute Gasteiger partial charge is 0.493 e. The van der Waals surface area contributed by atoms with E-state index in [1.54, 1.807) is 40.4 Å². The second-order valence-electron chi connectivity index (χ2n) is 10.0. The molecule has 0 bridgehead atoms. The number of ether oxygens (including phenoxy) is 2. The lowest BCUT2D eigenvalue weighted by molar-refractivity contribution is 0.0819. The van der Waals surface area contributed by atoms with Crippen molar-refractivity contribution in [2.45, 2.75) is 54.0 Å². The number of aromatic nitrogens is 4. The van der Waals surface area contributed by atoms with E-state index >= 15 is 0 Å². The predicted molar refractivity (Wildman–Crippen MR) is 145 cm³/mol. The standard InChI is InChI=1S/C26H36N6O5.CH4/c1-15-16(2)23-29-31(25(27-6)32(23)28-21(15)24(35)30(7)8)14-19(34)17-12-18(26(3,4)5)22(36-9)20(13-17)37-11-10-33;/h12-13,33H,10-11,14H2,1-9H3;1H4. The number of Topliss-reactive ketones (excluding diaryl/α,β-unsaturated/α-hetero) is 1. The molecule has 2 heterocycles. The van der Waals surface area contributed by atoms with Gasteiger partial charge in [-0.25, -0.2) is 4.68 Å². The molecule has 11 nitrogen and oxygen atoms in total. The van der Waals surface area contributed by atoms with Gasteiger partial charge in [0.1, 0.15) is 13.2 Å². The molecule has 1 aromatic carbocycles. The van der Waals surface area contributed by atoms with E-state index in [2.05, 4.69) is 15.2 Å². The van der Waals surface area contributed by atoms with E-state index in [4.69, 9.17) is 9.47 Å². The zero-order valence-corrected chi connectivity index (χ0v) is 23.0. The van der Waals surface area contributed by atoms with Gasteiger partial charge in [0.05, 0.1) is 13.7 Å². The number of aliphatic hydroxyl groups is 1. The van der Waals surface area contributed by atoms with Crippen LogP contribution in [0.15, 0.2) is 17.1 Å². The molecule has 2 aromatic heterocycles. The molecule has 3 aromatic rings. The van der Waals surface area contributed by atoms with Gasteiger partial charge in [0.25, 0.3) is 5.91 Å². The molecule has 0 fully saturated rings. The van der Waals surface area contributed by atoms with E-state index in [9.17, 15) is 14.7 Å². The van der Waals surface area contributed by atoms with Crippen molar-refractivity contribution in [3.63, 3.8) is 0 Å². The highest BCUT2D eigenvalue weighted by Gasteiger charge is 2.26. The maximum atomic E-state index is 13.5. The normalized spacial score (nSPS) is 11.9. The average Bonchev–Trinajstić information content (AvgIpc) is 3.19. The molecule has 0 radical (unpaired) electrons. The van der Waals surface area contributed by atoms with E-state index < -0.39 is 0 Å². The van der Waals surface area contributed by atoms with E-state index in [0.29, 0.717) is 39.6 Å². The maximum Gasteiger partial charge on any atom is 0.274 e. The molecular formula is C27H40N6O5. The first-order valence-electron chi connectivity index (χ1n) is 12.0. The first-order chi connectivity index (χ1) is 17.3. The number of fused-ring (bicyclic) bond motifs is 1. The van der Waals surface area contributed by atoms with Crippen molar-refractivity contribution in [1.82, 2.24) is 24.3 Å². The van der Waals surface area contributed by atoms with Crippen LogP contribution in [0, 0.1) is 13.8 Å². The Hall–Kier alpha value is -3.73. The fourth-order valence-corrected chi connectivity index (χ4v) is 4.00. The Morgan fingerprint density at radius 3 is 2.32 bits per heavy atom. The summed E-state index contributed by atoms with van der Waals surface area (Å²) in [6, 6.07) is 3.42. The minimum atomic E-state index is -0.340. The van der Waals surface area contributed by atoms with E-state index in [1.165, 1.54) is 14.1 Å². The second-order valence-corrected chi connectivity index (χ2v) is 10.0. The number of hydrogen-bond donors (Lipinski definition) is 1. The zero-order valence-electron chi connectivity index (χ0n) is 23.0. The van der Waals surface area contributed by atoms with Crippen LogP contribution in [0.1, 0.15) is 65.7 Å². The minimum absolute atomic E-state index is 0. The van der Waals surface area contributed by atoms with Crippen molar-refractivity contribution in [3.8, 4) is 11.5 Å². The molecule has 3 rings (SSSR count). The third-order valence-corrected chi connectivity index (χ3v) is 6.13. The summed E-state index contributed by atoms with van der Waals surface area (Å²) in [6.45, 7) is 9.52. The fourth-order valence-electron chi connectivity index (χ4n) is 4.00. The summed E-state index contributed by atoms with van der Waals surface area (Å²) >= 11 is 0. The summed E-state index contributed by atoms with van der Waals surface area (Å²) < 4.78 is 14.3. The SMILES string of the molecule is C.CN=c1n(CC(=O)c2cc(OCCO)c(OC)c(C(C)(C)C)c2)nc2c(C)c(C)c(C(=O)N(C)C)nn12. The van der Waals surface area contributed by atoms with E-state index in [1.807, 2.05) is 34.6 Å². The zero-order chi connectivity index (χ0) is 27.7. The van der Waals surface area contributed by atoms with Crippen molar-refractivity contribution in [2.75, 3.05) is 41.5 Å². The molecule has 0 saturated carbocycles. The number of methoxy groups -OCH3 is 1. The smallest absolute Gasteiger partial charge is 0.274 e. The highest BCUT2D eigenvalue weighted by atomic mass is 16.5. The van der Waals surface area contributed by atoms with Crippen LogP contribution in [0.5, 0.6) is 11.5 Å². The molecule has 0 atom stereocenters. The fraction of sp³-hybridized carbons (Fsp3) is 0.519. The molecule has 0 spiro atoms. The number of aliphatic hydroxyl groups excluding tert-OH is 1. The van der Waals surface area contributed by atoms with Crippen LogP contribution in [0.2, 0.25) is 0 Å². The molecule has 1 N–H and O–H groups in total. The van der Waals surface area contributed by atoms with Gasteiger partial charge in [-0.05, 0) is 37.0 Å². The molecule has 38 heavy (non-hydrogen) atoms. The molecule has 208 valence electrons. The van der Waals surface area contributed by atoms with Crippen molar-refractivity contribution >= 4 is 17.3 Å². The average molecular weight is 529 g/mol. The van der Waals surface area contributed by atoms with Crippen LogP contribution in [0.3, 0.4) is 0 Å². The van der Waals surface area contributed by atoms with Gasteiger partial charge in [-0.3, -0.25) is 14.6 Å². The van der Waals surface area contributed by atoms with Crippen LogP contribution in [-0.4, -0.2) is 82.6 Å². The highest BCUT2D eigenvalue weighted by Crippen LogP contribution is 2.40. The minimum Gasteiger partial charge on any atom is -0.493 e. The third kappa shape index (κ3) is 5.72. The summed E-state index contributed by atoms with van der Waals surface area (Å²) in [5.41, 5.74) is 3.50. The van der Waals surface area contributed by atoms with Gasteiger partial charge in [-0.2, -0.15) is 9.61 Å². The molecule has 1 amide bonds. The van der Waals surface area contributed by atoms with Crippen molar-refractivity contribution < 1.29 is 24.2 Å². The lowest BCUT2D eigenvalue weighted by Crippen LogP contribution is -2.30. The number of hydrogen-bond acceptors (Lipinski definition) is 8. The Balaban J connectivity index is 0.00000507. The number of rotatable bonds is 8. The van der Waals surface area contributed by atoms with Gasteiger partial charge < -0.3 is 19.5 Å². The topological polar surface area (TPSA) is 124 Å². The van der Waals surface area contributed by atoms with Crippen LogP contribution in [0.25, 0.3) is 5.65 Å². The Bertz CT molecular complexity index is 1410. The number of carbonyl (C=O) groups is 2. The van der Waals surface area contributed by atoms with Gasteiger partial charge >= 0.3 is 0 Å². The van der Waals surface area contributed by atoms with Crippen LogP contribution < -0.4 is 15.1 Å². The first-order valence-corrected chi connectivity index (χ1v) is 12.0. The van der Waals surface area contributed by atoms with Gasteiger partial charge in [0, 0.05) is 37.8 Å². The van der Waals surface area contributed by atoms with E-state index in [-0.39, 0.29) is 44.3 Å². The first kappa shape index (κ1) is 30.5. The summed E-state index contributed by atoms with van der Waals surface area (Å²) in [6.07, 6.45) is 0. The maximum absolute atomic E-state index is 13.5. The Kier molecular flexibility index (Phi) is 9.44. The predicted octanol–water partition coefficient (Wildman–Crippen LogP) is 2.58. The highest BCUT2D eigenvalue weighted by molar-refractivity contribution is 5.97. The molecule has 11 heteroatoms. The summed E-state index contributed by atoms with van der Waals surface area (Å²) in [4.78, 5) is 32.0. The number of aryl methyl sites for hydroxylation is 1. The van der Waals surface area contributed by atoms with Gasteiger partial charge in [0.15, 0.2) is 28.6 Å². The van der Waals surface area contributed by atoms with Crippen molar-refractivity contribution in [2.24, 2.45) is 4.99 Å². The van der Waals surface area contributed by atoms with Crippen molar-refractivity contribution in [1.29, 1.82) is 0 Å². The lowest BCUT2D eigenvalue weighted by Gasteiger charge is -2.25. The van der Waals surface area contributed by atoms with Gasteiger partial charge in [0.2, 0.25) is 5.62 Å². The number of amides is 1. The lowest BCUT2D eigenvalue weighted by atomic mass is 9.84. The van der Waals surface area contributed by atoms with Crippen LogP contribution >= 0.6 is 0 Å². The van der Waals surface area contributed by atoms with Crippen LogP contribution in [0.4, 0.5) is 0 Å². The molecule has 0 aliphatic carbocycles. The second kappa shape index (κ2) is 11.8.